The molecule has 2 aromatic rings. The highest BCUT2D eigenvalue weighted by molar-refractivity contribution is 6.17. The number of alkyl halides is 1. The van der Waals surface area contributed by atoms with Crippen LogP contribution in [0.3, 0.4) is 0 Å². The van der Waals surface area contributed by atoms with E-state index in [0.717, 1.165) is 10.9 Å². The van der Waals surface area contributed by atoms with Gasteiger partial charge in [-0.3, -0.25) is 0 Å². The van der Waals surface area contributed by atoms with Gasteiger partial charge in [0, 0.05) is 11.3 Å². The average molecular weight is 211 g/mol. The molecule has 0 bridgehead atoms. The van der Waals surface area contributed by atoms with Gasteiger partial charge in [-0.05, 0) is 23.8 Å². The summed E-state index contributed by atoms with van der Waals surface area (Å²) < 4.78 is 5.09. The number of carboxylic acid groups (broad SMARTS) is 1. The average Bonchev–Trinajstić information content (AvgIpc) is 2.59. The van der Waals surface area contributed by atoms with Crippen LogP contribution in [0, 0.1) is 0 Å². The summed E-state index contributed by atoms with van der Waals surface area (Å²) in [4.78, 5) is 10.6. The molecule has 0 atom stereocenters. The smallest absolute Gasteiger partial charge is 0.371 e. The van der Waals surface area contributed by atoms with Gasteiger partial charge < -0.3 is 9.52 Å². The second kappa shape index (κ2) is 3.35. The highest BCUT2D eigenvalue weighted by Crippen LogP contribution is 2.21. The second-order valence-electron chi connectivity index (χ2n) is 2.92. The van der Waals surface area contributed by atoms with Crippen molar-refractivity contribution in [2.75, 3.05) is 0 Å². The van der Waals surface area contributed by atoms with Crippen LogP contribution in [0.1, 0.15) is 16.1 Å². The van der Waals surface area contributed by atoms with E-state index in [1.54, 1.807) is 6.07 Å². The third-order valence-electron chi connectivity index (χ3n) is 1.95. The first-order valence-corrected chi connectivity index (χ1v) is 4.56. The Kier molecular flexibility index (Phi) is 2.17. The predicted molar refractivity (Wildman–Crippen MR) is 52.7 cm³/mol. The Bertz CT molecular complexity index is 487. The third kappa shape index (κ3) is 1.46. The molecule has 0 saturated carbocycles. The van der Waals surface area contributed by atoms with E-state index in [1.165, 1.54) is 6.07 Å². The molecule has 14 heavy (non-hydrogen) atoms. The Labute approximate surface area is 84.9 Å². The molecule has 1 aromatic carbocycles. The highest BCUT2D eigenvalue weighted by Gasteiger charge is 2.09. The molecule has 4 heteroatoms. The van der Waals surface area contributed by atoms with E-state index in [9.17, 15) is 4.79 Å². The summed E-state index contributed by atoms with van der Waals surface area (Å²) in [5, 5.41) is 9.46. The summed E-state index contributed by atoms with van der Waals surface area (Å²) in [5.41, 5.74) is 1.51. The van der Waals surface area contributed by atoms with Crippen LogP contribution in [-0.2, 0) is 5.88 Å². The van der Waals surface area contributed by atoms with Crippen molar-refractivity contribution in [2.24, 2.45) is 0 Å². The van der Waals surface area contributed by atoms with E-state index in [0.29, 0.717) is 11.5 Å². The van der Waals surface area contributed by atoms with Crippen LogP contribution < -0.4 is 0 Å². The fourth-order valence-corrected chi connectivity index (χ4v) is 1.45. The molecule has 2 rings (SSSR count). The van der Waals surface area contributed by atoms with Crippen LogP contribution in [-0.4, -0.2) is 11.1 Å². The molecule has 1 aromatic heterocycles. The van der Waals surface area contributed by atoms with Crippen molar-refractivity contribution < 1.29 is 14.3 Å². The molecule has 0 radical (unpaired) electrons. The molecule has 1 N–H and O–H groups in total. The molecular weight excluding hydrogens is 204 g/mol. The van der Waals surface area contributed by atoms with Gasteiger partial charge in [-0.2, -0.15) is 0 Å². The van der Waals surface area contributed by atoms with E-state index in [4.69, 9.17) is 21.1 Å². The van der Waals surface area contributed by atoms with E-state index >= 15 is 0 Å². The molecule has 0 spiro atoms. The van der Waals surface area contributed by atoms with Crippen molar-refractivity contribution in [3.8, 4) is 0 Å². The van der Waals surface area contributed by atoms with Crippen LogP contribution in [0.25, 0.3) is 11.0 Å². The maximum atomic E-state index is 10.6. The van der Waals surface area contributed by atoms with E-state index in [2.05, 4.69) is 0 Å². The molecule has 0 fully saturated rings. The molecule has 0 amide bonds. The van der Waals surface area contributed by atoms with Crippen molar-refractivity contribution >= 4 is 28.5 Å². The lowest BCUT2D eigenvalue weighted by atomic mass is 10.2. The van der Waals surface area contributed by atoms with Gasteiger partial charge >= 0.3 is 5.97 Å². The van der Waals surface area contributed by atoms with E-state index in [1.807, 2.05) is 12.1 Å². The Balaban J connectivity index is 2.60. The SMILES string of the molecule is O=C(O)c1cc2cc(CCl)ccc2o1. The second-order valence-corrected chi connectivity index (χ2v) is 3.19. The number of aromatic carboxylic acids is 1. The zero-order valence-corrected chi connectivity index (χ0v) is 7.91. The van der Waals surface area contributed by atoms with Gasteiger partial charge in [0.2, 0.25) is 5.76 Å². The maximum absolute atomic E-state index is 10.6. The van der Waals surface area contributed by atoms with Crippen LogP contribution in [0.2, 0.25) is 0 Å². The molecule has 3 nitrogen and oxygen atoms in total. The summed E-state index contributed by atoms with van der Waals surface area (Å²) in [5.74, 6) is -0.705. The van der Waals surface area contributed by atoms with Gasteiger partial charge in [0.1, 0.15) is 5.58 Å². The summed E-state index contributed by atoms with van der Waals surface area (Å²) in [7, 11) is 0. The van der Waals surface area contributed by atoms with Gasteiger partial charge in [0.25, 0.3) is 0 Å². The Morgan fingerprint density at radius 2 is 2.21 bits per heavy atom. The van der Waals surface area contributed by atoms with Gasteiger partial charge in [-0.15, -0.1) is 11.6 Å². The highest BCUT2D eigenvalue weighted by atomic mass is 35.5. The maximum Gasteiger partial charge on any atom is 0.371 e. The Morgan fingerprint density at radius 3 is 2.86 bits per heavy atom. The first-order chi connectivity index (χ1) is 6.70. The number of furan rings is 1. The number of halogens is 1. The molecule has 0 aliphatic carbocycles. The van der Waals surface area contributed by atoms with Gasteiger partial charge in [0.15, 0.2) is 0 Å². The van der Waals surface area contributed by atoms with Crippen molar-refractivity contribution in [2.45, 2.75) is 5.88 Å². The number of hydrogen-bond acceptors (Lipinski definition) is 2. The van der Waals surface area contributed by atoms with Crippen LogP contribution in [0.5, 0.6) is 0 Å². The minimum atomic E-state index is -1.06. The fraction of sp³-hybridized carbons (Fsp3) is 0.100. The first-order valence-electron chi connectivity index (χ1n) is 4.02. The lowest BCUT2D eigenvalue weighted by Crippen LogP contribution is -1.91. The third-order valence-corrected chi connectivity index (χ3v) is 2.25. The monoisotopic (exact) mass is 210 g/mol. The standard InChI is InChI=1S/C10H7ClO3/c11-5-6-1-2-8-7(3-6)4-9(14-8)10(12)13/h1-4H,5H2,(H,12,13). The van der Waals surface area contributed by atoms with Crippen molar-refractivity contribution in [3.05, 3.63) is 35.6 Å². The molecule has 1 heterocycles. The van der Waals surface area contributed by atoms with Crippen molar-refractivity contribution in [1.29, 1.82) is 0 Å². The molecular formula is C10H7ClO3. The topological polar surface area (TPSA) is 50.4 Å². The van der Waals surface area contributed by atoms with Crippen LogP contribution in [0.4, 0.5) is 0 Å². The summed E-state index contributed by atoms with van der Waals surface area (Å²) in [6.07, 6.45) is 0. The zero-order valence-electron chi connectivity index (χ0n) is 7.16. The summed E-state index contributed by atoms with van der Waals surface area (Å²) in [6.45, 7) is 0. The lowest BCUT2D eigenvalue weighted by molar-refractivity contribution is 0.0665. The predicted octanol–water partition coefficient (Wildman–Crippen LogP) is 2.87. The van der Waals surface area contributed by atoms with E-state index in [-0.39, 0.29) is 5.76 Å². The first kappa shape index (κ1) is 9.09. The normalized spacial score (nSPS) is 10.6. The number of rotatable bonds is 2. The molecule has 0 aliphatic rings. The lowest BCUT2D eigenvalue weighted by Gasteiger charge is -1.92. The number of carbonyl (C=O) groups is 1. The molecule has 0 aliphatic heterocycles. The number of benzene rings is 1. The number of fused-ring (bicyclic) bond motifs is 1. The fourth-order valence-electron chi connectivity index (χ4n) is 1.28. The number of hydrogen-bond donors (Lipinski definition) is 1. The zero-order chi connectivity index (χ0) is 10.1. The minimum Gasteiger partial charge on any atom is -0.475 e. The molecule has 72 valence electrons. The van der Waals surface area contributed by atoms with Crippen LogP contribution >= 0.6 is 11.6 Å². The minimum absolute atomic E-state index is 0.0493. The van der Waals surface area contributed by atoms with E-state index < -0.39 is 5.97 Å². The molecule has 0 unspecified atom stereocenters. The quantitative estimate of drug-likeness (QED) is 0.776. The number of carboxylic acids is 1. The van der Waals surface area contributed by atoms with Crippen LogP contribution in [0.15, 0.2) is 28.7 Å². The summed E-state index contributed by atoms with van der Waals surface area (Å²) in [6, 6.07) is 6.84. The van der Waals surface area contributed by atoms with Gasteiger partial charge in [-0.25, -0.2) is 4.79 Å². The Morgan fingerprint density at radius 1 is 1.43 bits per heavy atom. The molecule has 0 saturated heterocycles. The largest absolute Gasteiger partial charge is 0.475 e. The van der Waals surface area contributed by atoms with Gasteiger partial charge in [0.05, 0.1) is 0 Å². The van der Waals surface area contributed by atoms with Crippen molar-refractivity contribution in [3.63, 3.8) is 0 Å². The summed E-state index contributed by atoms with van der Waals surface area (Å²) >= 11 is 5.65. The van der Waals surface area contributed by atoms with Gasteiger partial charge in [-0.1, -0.05) is 6.07 Å². The Hall–Kier alpha value is -1.48. The van der Waals surface area contributed by atoms with Crippen molar-refractivity contribution in [1.82, 2.24) is 0 Å².